The first kappa shape index (κ1) is 23.1. The number of hydrogen-bond donors (Lipinski definition) is 2. The van der Waals surface area contributed by atoms with Crippen molar-refractivity contribution in [2.24, 2.45) is 0 Å². The highest BCUT2D eigenvalue weighted by atomic mass is 35.5. The van der Waals surface area contributed by atoms with Crippen LogP contribution in [0.1, 0.15) is 29.5 Å². The van der Waals surface area contributed by atoms with E-state index in [0.29, 0.717) is 41.6 Å². The van der Waals surface area contributed by atoms with E-state index < -0.39 is 17.7 Å². The number of pyridine rings is 1. The summed E-state index contributed by atoms with van der Waals surface area (Å²) in [5.41, 5.74) is 3.21. The standard InChI is InChI=1S/C26H24ClN3O5/c27-22-8-7-21-20(11-13-29-16-26(21)34-23(31)9-10-24(32)35-26)25(22)30-14-17-3-5-18(6-4-17)33-19-2-1-12-28-15-19/h1-8,12,15,29-30H,9-11,13-14,16H2. The first-order valence-corrected chi connectivity index (χ1v) is 11.8. The van der Waals surface area contributed by atoms with Crippen LogP contribution in [0.5, 0.6) is 11.5 Å². The second-order valence-corrected chi connectivity index (χ2v) is 8.77. The molecule has 0 bridgehead atoms. The second-order valence-electron chi connectivity index (χ2n) is 8.36. The Hall–Kier alpha value is -3.62. The zero-order chi connectivity index (χ0) is 24.3. The van der Waals surface area contributed by atoms with Crippen molar-refractivity contribution in [3.8, 4) is 11.5 Å². The summed E-state index contributed by atoms with van der Waals surface area (Å²) in [5.74, 6) is -1.08. The summed E-state index contributed by atoms with van der Waals surface area (Å²) in [7, 11) is 0. The Morgan fingerprint density at radius 2 is 1.77 bits per heavy atom. The molecule has 3 heterocycles. The van der Waals surface area contributed by atoms with E-state index in [1.165, 1.54) is 0 Å². The monoisotopic (exact) mass is 493 g/mol. The number of carbonyl (C=O) groups is 2. The molecule has 1 spiro atoms. The van der Waals surface area contributed by atoms with E-state index >= 15 is 0 Å². The van der Waals surface area contributed by atoms with Gasteiger partial charge in [-0.25, -0.2) is 0 Å². The average Bonchev–Trinajstić information content (AvgIpc) is 3.12. The zero-order valence-corrected chi connectivity index (χ0v) is 19.6. The number of nitrogens with one attached hydrogen (secondary N) is 2. The van der Waals surface area contributed by atoms with Crippen LogP contribution in [-0.2, 0) is 37.8 Å². The van der Waals surface area contributed by atoms with Gasteiger partial charge >= 0.3 is 11.9 Å². The molecule has 1 fully saturated rings. The molecule has 0 aliphatic carbocycles. The van der Waals surface area contributed by atoms with Gasteiger partial charge in [-0.05, 0) is 60.5 Å². The molecule has 2 aliphatic heterocycles. The SMILES string of the molecule is O=C1CCC(=O)OC2(CNCCc3c2ccc(Cl)c3NCc2ccc(Oc3cccnc3)cc2)O1. The van der Waals surface area contributed by atoms with Crippen molar-refractivity contribution in [2.45, 2.75) is 31.6 Å². The molecule has 0 amide bonds. The maximum absolute atomic E-state index is 12.3. The predicted octanol–water partition coefficient (Wildman–Crippen LogP) is 4.32. The lowest BCUT2D eigenvalue weighted by Gasteiger charge is -2.32. The number of anilines is 1. The van der Waals surface area contributed by atoms with Gasteiger partial charge in [-0.3, -0.25) is 14.6 Å². The number of rotatable bonds is 5. The van der Waals surface area contributed by atoms with Crippen molar-refractivity contribution in [2.75, 3.05) is 18.4 Å². The third kappa shape index (κ3) is 5.08. The van der Waals surface area contributed by atoms with Gasteiger partial charge in [-0.2, -0.15) is 0 Å². The molecule has 0 radical (unpaired) electrons. The summed E-state index contributed by atoms with van der Waals surface area (Å²) >= 11 is 6.59. The minimum atomic E-state index is -1.51. The van der Waals surface area contributed by atoms with Crippen LogP contribution in [0.4, 0.5) is 5.69 Å². The third-order valence-corrected chi connectivity index (χ3v) is 6.25. The summed E-state index contributed by atoms with van der Waals surface area (Å²) in [5, 5.41) is 7.18. The second kappa shape index (κ2) is 9.93. The number of nitrogens with zero attached hydrogens (tertiary/aromatic N) is 1. The molecule has 2 N–H and O–H groups in total. The maximum atomic E-state index is 12.3. The fraction of sp³-hybridized carbons (Fsp3) is 0.269. The Bertz CT molecular complexity index is 1220. The number of fused-ring (bicyclic) bond motifs is 2. The molecule has 0 unspecified atom stereocenters. The normalized spacial score (nSPS) is 16.9. The van der Waals surface area contributed by atoms with E-state index in [-0.39, 0.29) is 19.4 Å². The lowest BCUT2D eigenvalue weighted by atomic mass is 9.96. The van der Waals surface area contributed by atoms with Crippen LogP contribution < -0.4 is 15.4 Å². The fourth-order valence-corrected chi connectivity index (χ4v) is 4.52. The van der Waals surface area contributed by atoms with Crippen LogP contribution in [0.3, 0.4) is 0 Å². The van der Waals surface area contributed by atoms with Gasteiger partial charge in [0.2, 0.25) is 0 Å². The quantitative estimate of drug-likeness (QED) is 0.507. The molecule has 5 rings (SSSR count). The van der Waals surface area contributed by atoms with E-state index in [0.717, 1.165) is 16.8 Å². The van der Waals surface area contributed by atoms with Crippen molar-refractivity contribution in [1.29, 1.82) is 0 Å². The van der Waals surface area contributed by atoms with E-state index in [9.17, 15) is 9.59 Å². The minimum Gasteiger partial charge on any atom is -0.456 e. The molecular formula is C26H24ClN3O5. The molecule has 0 saturated carbocycles. The topological polar surface area (TPSA) is 98.8 Å². The largest absolute Gasteiger partial charge is 0.456 e. The van der Waals surface area contributed by atoms with Crippen LogP contribution in [0.25, 0.3) is 0 Å². The van der Waals surface area contributed by atoms with Crippen LogP contribution >= 0.6 is 11.6 Å². The van der Waals surface area contributed by atoms with Crippen LogP contribution in [0.15, 0.2) is 60.9 Å². The molecule has 0 atom stereocenters. The number of ether oxygens (including phenoxy) is 3. The average molecular weight is 494 g/mol. The van der Waals surface area contributed by atoms with Crippen LogP contribution in [-0.4, -0.2) is 30.0 Å². The van der Waals surface area contributed by atoms with Crippen molar-refractivity contribution < 1.29 is 23.8 Å². The highest BCUT2D eigenvalue weighted by Crippen LogP contribution is 2.40. The Labute approximate surface area is 207 Å². The first-order valence-electron chi connectivity index (χ1n) is 11.4. The molecule has 9 heteroatoms. The smallest absolute Gasteiger partial charge is 0.309 e. The first-order chi connectivity index (χ1) is 17.0. The van der Waals surface area contributed by atoms with Gasteiger partial charge in [-0.1, -0.05) is 23.7 Å². The number of carbonyl (C=O) groups excluding carboxylic acids is 2. The zero-order valence-electron chi connectivity index (χ0n) is 18.9. The molecule has 1 saturated heterocycles. The lowest BCUT2D eigenvalue weighted by molar-refractivity contribution is -0.225. The van der Waals surface area contributed by atoms with E-state index in [1.54, 1.807) is 24.5 Å². The number of halogens is 1. The Morgan fingerprint density at radius 1 is 1.00 bits per heavy atom. The number of hydrogen-bond acceptors (Lipinski definition) is 8. The van der Waals surface area contributed by atoms with Crippen molar-refractivity contribution in [3.05, 3.63) is 82.6 Å². The summed E-state index contributed by atoms with van der Waals surface area (Å²) in [6.45, 7) is 1.29. The minimum absolute atomic E-state index is 0.00485. The molecular weight excluding hydrogens is 470 g/mol. The fourth-order valence-electron chi connectivity index (χ4n) is 4.27. The van der Waals surface area contributed by atoms with E-state index in [1.807, 2.05) is 36.4 Å². The highest BCUT2D eigenvalue weighted by Gasteiger charge is 2.45. The van der Waals surface area contributed by atoms with E-state index in [4.69, 9.17) is 25.8 Å². The molecule has 8 nitrogen and oxygen atoms in total. The molecule has 35 heavy (non-hydrogen) atoms. The molecule has 1 aromatic heterocycles. The van der Waals surface area contributed by atoms with Gasteiger partial charge < -0.3 is 24.8 Å². The van der Waals surface area contributed by atoms with Crippen LogP contribution in [0.2, 0.25) is 5.02 Å². The summed E-state index contributed by atoms with van der Waals surface area (Å²) in [6, 6.07) is 14.9. The predicted molar refractivity (Wildman–Crippen MR) is 129 cm³/mol. The van der Waals surface area contributed by atoms with Crippen molar-refractivity contribution in [3.63, 3.8) is 0 Å². The maximum Gasteiger partial charge on any atom is 0.309 e. The Kier molecular flexibility index (Phi) is 6.57. The van der Waals surface area contributed by atoms with Gasteiger partial charge in [0, 0.05) is 18.3 Å². The summed E-state index contributed by atoms with van der Waals surface area (Å²) < 4.78 is 17.2. The number of aromatic nitrogens is 1. The molecule has 2 aromatic carbocycles. The number of benzene rings is 2. The van der Waals surface area contributed by atoms with Gasteiger partial charge in [0.25, 0.3) is 5.79 Å². The van der Waals surface area contributed by atoms with Crippen molar-refractivity contribution in [1.82, 2.24) is 10.3 Å². The van der Waals surface area contributed by atoms with Gasteiger partial charge in [-0.15, -0.1) is 0 Å². The van der Waals surface area contributed by atoms with Gasteiger partial charge in [0.1, 0.15) is 11.5 Å². The van der Waals surface area contributed by atoms with Gasteiger partial charge in [0.15, 0.2) is 0 Å². The molecule has 180 valence electrons. The van der Waals surface area contributed by atoms with Crippen molar-refractivity contribution >= 4 is 29.2 Å². The summed E-state index contributed by atoms with van der Waals surface area (Å²) in [4.78, 5) is 28.6. The third-order valence-electron chi connectivity index (χ3n) is 5.94. The number of esters is 2. The Balaban J connectivity index is 1.38. The molecule has 2 aliphatic rings. The summed E-state index contributed by atoms with van der Waals surface area (Å²) in [6.07, 6.45) is 3.96. The van der Waals surface area contributed by atoms with E-state index in [2.05, 4.69) is 15.6 Å². The molecule has 3 aromatic rings. The highest BCUT2D eigenvalue weighted by molar-refractivity contribution is 6.33. The van der Waals surface area contributed by atoms with Crippen LogP contribution in [0, 0.1) is 0 Å². The van der Waals surface area contributed by atoms with Gasteiger partial charge in [0.05, 0.1) is 36.3 Å². The lowest BCUT2D eigenvalue weighted by Crippen LogP contribution is -2.43. The Morgan fingerprint density at radius 3 is 2.49 bits per heavy atom.